The Morgan fingerprint density at radius 3 is 2.85 bits per heavy atom. The molecule has 0 fully saturated rings. The van der Waals surface area contributed by atoms with E-state index in [1.807, 2.05) is 20.2 Å². The number of halogens is 1. The molecule has 0 radical (unpaired) electrons. The van der Waals surface area contributed by atoms with Crippen LogP contribution in [0.25, 0.3) is 0 Å². The van der Waals surface area contributed by atoms with Gasteiger partial charge in [0.25, 0.3) is 0 Å². The summed E-state index contributed by atoms with van der Waals surface area (Å²) in [5.41, 5.74) is 2.20. The molecule has 0 saturated carbocycles. The molecule has 0 spiro atoms. The quantitative estimate of drug-likeness (QED) is 0.599. The van der Waals surface area contributed by atoms with Gasteiger partial charge >= 0.3 is 0 Å². The van der Waals surface area contributed by atoms with Crippen LogP contribution in [0.3, 0.4) is 0 Å². The van der Waals surface area contributed by atoms with Crippen molar-refractivity contribution in [3.8, 4) is 0 Å². The number of rotatable bonds is 0. The Balaban J connectivity index is 2.44. The van der Waals surface area contributed by atoms with Gasteiger partial charge in [-0.15, -0.1) is 0 Å². The van der Waals surface area contributed by atoms with E-state index in [2.05, 4.69) is 10.0 Å². The number of hydrogen-bond donors (Lipinski definition) is 0. The standard InChI is InChI=1S/C10H13FN2/c1-12-6-5-8-7-9(11)3-4-10(8)13(12)2/h3-4,7H,5-6H2,1-2H3. The zero-order valence-electron chi connectivity index (χ0n) is 7.92. The first-order valence-electron chi connectivity index (χ1n) is 4.41. The molecule has 0 aliphatic carbocycles. The molecule has 2 rings (SSSR count). The molecule has 2 nitrogen and oxygen atoms in total. The van der Waals surface area contributed by atoms with E-state index in [0.717, 1.165) is 24.2 Å². The molecule has 0 N–H and O–H groups in total. The minimum atomic E-state index is -0.142. The van der Waals surface area contributed by atoms with Gasteiger partial charge in [-0.05, 0) is 30.2 Å². The van der Waals surface area contributed by atoms with E-state index in [1.54, 1.807) is 6.07 Å². The molecule has 0 saturated heterocycles. The van der Waals surface area contributed by atoms with E-state index in [0.29, 0.717) is 0 Å². The normalized spacial score (nSPS) is 17.3. The first-order chi connectivity index (χ1) is 6.18. The Morgan fingerprint density at radius 1 is 1.31 bits per heavy atom. The monoisotopic (exact) mass is 180 g/mol. The van der Waals surface area contributed by atoms with E-state index >= 15 is 0 Å². The molecular formula is C10H13FN2. The van der Waals surface area contributed by atoms with E-state index in [1.165, 1.54) is 6.07 Å². The second kappa shape index (κ2) is 3.00. The van der Waals surface area contributed by atoms with Crippen LogP contribution in [0.5, 0.6) is 0 Å². The van der Waals surface area contributed by atoms with Crippen LogP contribution < -0.4 is 5.01 Å². The molecule has 1 aliphatic rings. The van der Waals surface area contributed by atoms with E-state index in [9.17, 15) is 4.39 Å². The van der Waals surface area contributed by atoms with E-state index < -0.39 is 0 Å². The molecule has 70 valence electrons. The smallest absolute Gasteiger partial charge is 0.123 e. The lowest BCUT2D eigenvalue weighted by atomic mass is 10.1. The van der Waals surface area contributed by atoms with Crippen LogP contribution in [0.1, 0.15) is 5.56 Å². The molecule has 1 aliphatic heterocycles. The van der Waals surface area contributed by atoms with Crippen molar-refractivity contribution < 1.29 is 4.39 Å². The summed E-state index contributed by atoms with van der Waals surface area (Å²) in [6, 6.07) is 4.97. The van der Waals surface area contributed by atoms with Gasteiger partial charge < -0.3 is 5.01 Å². The molecule has 1 heterocycles. The van der Waals surface area contributed by atoms with Gasteiger partial charge in [-0.2, -0.15) is 0 Å². The highest BCUT2D eigenvalue weighted by molar-refractivity contribution is 5.53. The van der Waals surface area contributed by atoms with Crippen molar-refractivity contribution in [3.05, 3.63) is 29.6 Å². The maximum atomic E-state index is 12.9. The van der Waals surface area contributed by atoms with Gasteiger partial charge in [0.1, 0.15) is 5.82 Å². The maximum absolute atomic E-state index is 12.9. The number of hydrazine groups is 1. The highest BCUT2D eigenvalue weighted by atomic mass is 19.1. The third-order valence-corrected chi connectivity index (χ3v) is 2.61. The van der Waals surface area contributed by atoms with Gasteiger partial charge in [0.15, 0.2) is 0 Å². The summed E-state index contributed by atoms with van der Waals surface area (Å²) in [6.45, 7) is 0.951. The molecule has 3 heteroatoms. The summed E-state index contributed by atoms with van der Waals surface area (Å²) in [4.78, 5) is 0. The average molecular weight is 180 g/mol. The van der Waals surface area contributed by atoms with Crippen LogP contribution in [0.4, 0.5) is 10.1 Å². The minimum Gasteiger partial charge on any atom is -0.309 e. The Hall–Kier alpha value is -1.09. The number of likely N-dealkylation sites (N-methyl/N-ethyl adjacent to an activating group) is 1. The molecule has 13 heavy (non-hydrogen) atoms. The molecule has 0 bridgehead atoms. The first-order valence-corrected chi connectivity index (χ1v) is 4.41. The first kappa shape index (κ1) is 8.51. The summed E-state index contributed by atoms with van der Waals surface area (Å²) < 4.78 is 12.9. The Kier molecular flexibility index (Phi) is 1.96. The fourth-order valence-electron chi connectivity index (χ4n) is 1.69. The number of fused-ring (bicyclic) bond motifs is 1. The van der Waals surface area contributed by atoms with Gasteiger partial charge in [0, 0.05) is 20.6 Å². The summed E-state index contributed by atoms with van der Waals surface area (Å²) >= 11 is 0. The lowest BCUT2D eigenvalue weighted by Gasteiger charge is -2.36. The zero-order chi connectivity index (χ0) is 9.42. The van der Waals surface area contributed by atoms with Crippen molar-refractivity contribution in [3.63, 3.8) is 0 Å². The average Bonchev–Trinajstić information content (AvgIpc) is 2.12. The number of anilines is 1. The molecule has 0 atom stereocenters. The zero-order valence-corrected chi connectivity index (χ0v) is 7.92. The minimum absolute atomic E-state index is 0.142. The molecule has 0 unspecified atom stereocenters. The van der Waals surface area contributed by atoms with Gasteiger partial charge in [-0.25, -0.2) is 9.40 Å². The topological polar surface area (TPSA) is 6.48 Å². The van der Waals surface area contributed by atoms with Gasteiger partial charge in [-0.3, -0.25) is 0 Å². The van der Waals surface area contributed by atoms with Crippen LogP contribution in [-0.4, -0.2) is 25.6 Å². The van der Waals surface area contributed by atoms with E-state index in [4.69, 9.17) is 0 Å². The number of nitrogens with zero attached hydrogens (tertiary/aromatic N) is 2. The van der Waals surface area contributed by atoms with Crippen molar-refractivity contribution >= 4 is 5.69 Å². The van der Waals surface area contributed by atoms with Crippen molar-refractivity contribution in [1.82, 2.24) is 5.01 Å². The van der Waals surface area contributed by atoms with Crippen molar-refractivity contribution in [2.75, 3.05) is 25.6 Å². The molecule has 0 amide bonds. The lowest BCUT2D eigenvalue weighted by Crippen LogP contribution is -2.41. The van der Waals surface area contributed by atoms with Crippen LogP contribution >= 0.6 is 0 Å². The Morgan fingerprint density at radius 2 is 2.08 bits per heavy atom. The van der Waals surface area contributed by atoms with Gasteiger partial charge in [0.05, 0.1) is 5.69 Å². The fraction of sp³-hybridized carbons (Fsp3) is 0.400. The van der Waals surface area contributed by atoms with Gasteiger partial charge in [-0.1, -0.05) is 0 Å². The summed E-state index contributed by atoms with van der Waals surface area (Å²) in [7, 11) is 4.03. The Labute approximate surface area is 77.5 Å². The Bertz CT molecular complexity index is 325. The summed E-state index contributed by atoms with van der Waals surface area (Å²) in [5.74, 6) is -0.142. The van der Waals surface area contributed by atoms with Crippen LogP contribution in [-0.2, 0) is 6.42 Å². The fourth-order valence-corrected chi connectivity index (χ4v) is 1.69. The third kappa shape index (κ3) is 1.40. The number of hydrogen-bond acceptors (Lipinski definition) is 2. The third-order valence-electron chi connectivity index (χ3n) is 2.61. The maximum Gasteiger partial charge on any atom is 0.123 e. The van der Waals surface area contributed by atoms with Crippen molar-refractivity contribution in [1.29, 1.82) is 0 Å². The van der Waals surface area contributed by atoms with Crippen molar-refractivity contribution in [2.24, 2.45) is 0 Å². The largest absolute Gasteiger partial charge is 0.309 e. The SMILES string of the molecule is CN1CCc2cc(F)ccc2N1C. The van der Waals surface area contributed by atoms with Crippen LogP contribution in [0.15, 0.2) is 18.2 Å². The highest BCUT2D eigenvalue weighted by Crippen LogP contribution is 2.25. The summed E-state index contributed by atoms with van der Waals surface area (Å²) in [6.07, 6.45) is 0.925. The predicted octanol–water partition coefficient (Wildman–Crippen LogP) is 1.66. The van der Waals surface area contributed by atoms with Crippen molar-refractivity contribution in [2.45, 2.75) is 6.42 Å². The molecule has 1 aromatic carbocycles. The summed E-state index contributed by atoms with van der Waals surface area (Å²) in [5, 5.41) is 4.18. The second-order valence-electron chi connectivity index (χ2n) is 3.43. The molecule has 0 aromatic heterocycles. The predicted molar refractivity (Wildman–Crippen MR) is 51.1 cm³/mol. The lowest BCUT2D eigenvalue weighted by molar-refractivity contribution is 0.313. The van der Waals surface area contributed by atoms with E-state index in [-0.39, 0.29) is 5.82 Å². The van der Waals surface area contributed by atoms with Gasteiger partial charge in [0.2, 0.25) is 0 Å². The number of benzene rings is 1. The second-order valence-corrected chi connectivity index (χ2v) is 3.43. The highest BCUT2D eigenvalue weighted by Gasteiger charge is 2.17. The molecular weight excluding hydrogens is 167 g/mol. The van der Waals surface area contributed by atoms with Crippen LogP contribution in [0.2, 0.25) is 0 Å². The molecule has 1 aromatic rings. The van der Waals surface area contributed by atoms with Crippen LogP contribution in [0, 0.1) is 5.82 Å².